The molecule has 1 N–H and O–H groups in total. The molecular formula is C9H8BrClFNO4. The Kier molecular flexibility index (Phi) is 5.10. The Labute approximate surface area is 109 Å². The van der Waals surface area contributed by atoms with Gasteiger partial charge in [0.1, 0.15) is 18.5 Å². The van der Waals surface area contributed by atoms with Gasteiger partial charge in [-0.15, -0.1) is 11.6 Å². The third-order valence-corrected chi connectivity index (χ3v) is 2.73. The fourth-order valence-electron chi connectivity index (χ4n) is 1.05. The first-order valence-corrected chi connectivity index (χ1v) is 5.78. The summed E-state index contributed by atoms with van der Waals surface area (Å²) in [5.74, 6) is -0.957. The summed E-state index contributed by atoms with van der Waals surface area (Å²) in [6, 6.07) is 1.78. The molecule has 1 unspecified atom stereocenters. The normalized spacial score (nSPS) is 12.2. The van der Waals surface area contributed by atoms with E-state index in [1.54, 1.807) is 0 Å². The van der Waals surface area contributed by atoms with Gasteiger partial charge in [-0.05, 0) is 22.0 Å². The molecule has 0 aromatic heterocycles. The summed E-state index contributed by atoms with van der Waals surface area (Å²) in [5.41, 5.74) is -0.515. The quantitative estimate of drug-likeness (QED) is 0.512. The molecule has 94 valence electrons. The number of alkyl halides is 1. The van der Waals surface area contributed by atoms with Gasteiger partial charge < -0.3 is 9.84 Å². The topological polar surface area (TPSA) is 72.6 Å². The van der Waals surface area contributed by atoms with Crippen molar-refractivity contribution in [3.63, 3.8) is 0 Å². The van der Waals surface area contributed by atoms with Gasteiger partial charge in [0.25, 0.3) is 0 Å². The third kappa shape index (κ3) is 3.79. The highest BCUT2D eigenvalue weighted by Crippen LogP contribution is 2.35. The SMILES string of the molecule is O=[N+]([O-])c1cc(F)cc(Br)c1OCC(O)CCl. The highest BCUT2D eigenvalue weighted by Gasteiger charge is 2.21. The molecule has 0 fully saturated rings. The van der Waals surface area contributed by atoms with Gasteiger partial charge in [0.15, 0.2) is 0 Å². The van der Waals surface area contributed by atoms with E-state index in [-0.39, 0.29) is 22.7 Å². The molecule has 1 aromatic rings. The van der Waals surface area contributed by atoms with Gasteiger partial charge in [0.2, 0.25) is 5.75 Å². The van der Waals surface area contributed by atoms with Crippen LogP contribution in [-0.2, 0) is 0 Å². The van der Waals surface area contributed by atoms with Crippen LogP contribution in [0.4, 0.5) is 10.1 Å². The molecule has 0 aliphatic heterocycles. The van der Waals surface area contributed by atoms with Crippen LogP contribution in [0.2, 0.25) is 0 Å². The van der Waals surface area contributed by atoms with Gasteiger partial charge in [-0.2, -0.15) is 0 Å². The summed E-state index contributed by atoms with van der Waals surface area (Å²) in [7, 11) is 0. The summed E-state index contributed by atoms with van der Waals surface area (Å²) in [4.78, 5) is 9.92. The number of hydrogen-bond donors (Lipinski definition) is 1. The van der Waals surface area contributed by atoms with Gasteiger partial charge in [-0.3, -0.25) is 10.1 Å². The van der Waals surface area contributed by atoms with Crippen LogP contribution in [0.5, 0.6) is 5.75 Å². The van der Waals surface area contributed by atoms with Crippen LogP contribution in [0.1, 0.15) is 0 Å². The van der Waals surface area contributed by atoms with E-state index in [4.69, 9.17) is 16.3 Å². The number of aliphatic hydroxyl groups is 1. The largest absolute Gasteiger partial charge is 0.483 e. The fourth-order valence-corrected chi connectivity index (χ4v) is 1.67. The number of rotatable bonds is 5. The maximum absolute atomic E-state index is 13.0. The van der Waals surface area contributed by atoms with Crippen molar-refractivity contribution in [2.45, 2.75) is 6.10 Å². The zero-order chi connectivity index (χ0) is 13.0. The monoisotopic (exact) mass is 327 g/mol. The van der Waals surface area contributed by atoms with Crippen LogP contribution in [0.3, 0.4) is 0 Å². The lowest BCUT2D eigenvalue weighted by Gasteiger charge is -2.11. The van der Waals surface area contributed by atoms with Crippen molar-refractivity contribution in [3.05, 3.63) is 32.5 Å². The molecule has 17 heavy (non-hydrogen) atoms. The molecule has 0 radical (unpaired) electrons. The Morgan fingerprint density at radius 3 is 2.82 bits per heavy atom. The van der Waals surface area contributed by atoms with E-state index in [2.05, 4.69) is 15.9 Å². The minimum atomic E-state index is -0.951. The van der Waals surface area contributed by atoms with Crippen LogP contribution >= 0.6 is 27.5 Å². The second-order valence-corrected chi connectivity index (χ2v) is 4.28. The highest BCUT2D eigenvalue weighted by molar-refractivity contribution is 9.10. The van der Waals surface area contributed by atoms with Crippen molar-refractivity contribution in [1.29, 1.82) is 0 Å². The lowest BCUT2D eigenvalue weighted by Crippen LogP contribution is -2.19. The van der Waals surface area contributed by atoms with Crippen molar-refractivity contribution < 1.29 is 19.2 Å². The van der Waals surface area contributed by atoms with E-state index in [9.17, 15) is 19.6 Å². The summed E-state index contributed by atoms with van der Waals surface area (Å²) >= 11 is 8.30. The van der Waals surface area contributed by atoms with E-state index < -0.39 is 22.5 Å². The molecule has 0 saturated carbocycles. The van der Waals surface area contributed by atoms with E-state index in [1.165, 1.54) is 0 Å². The number of halogens is 3. The van der Waals surface area contributed by atoms with Crippen LogP contribution in [0.25, 0.3) is 0 Å². The molecule has 0 heterocycles. The van der Waals surface area contributed by atoms with E-state index in [0.717, 1.165) is 12.1 Å². The highest BCUT2D eigenvalue weighted by atomic mass is 79.9. The standard InChI is InChI=1S/C9H8BrClFNO4/c10-7-1-5(12)2-8(13(15)16)9(7)17-4-6(14)3-11/h1-2,6,14H,3-4H2. The van der Waals surface area contributed by atoms with Crippen molar-refractivity contribution >= 4 is 33.2 Å². The number of nitro groups is 1. The van der Waals surface area contributed by atoms with Crippen molar-refractivity contribution in [2.24, 2.45) is 0 Å². The maximum Gasteiger partial charge on any atom is 0.315 e. The van der Waals surface area contributed by atoms with Gasteiger partial charge in [0, 0.05) is 0 Å². The minimum Gasteiger partial charge on any atom is -0.483 e. The van der Waals surface area contributed by atoms with E-state index >= 15 is 0 Å². The summed E-state index contributed by atoms with van der Waals surface area (Å²) in [5, 5.41) is 19.9. The molecule has 0 bridgehead atoms. The Morgan fingerprint density at radius 2 is 2.29 bits per heavy atom. The molecule has 1 rings (SSSR count). The summed E-state index contributed by atoms with van der Waals surface area (Å²) in [6.45, 7) is -0.214. The summed E-state index contributed by atoms with van der Waals surface area (Å²) < 4.78 is 18.1. The lowest BCUT2D eigenvalue weighted by molar-refractivity contribution is -0.386. The van der Waals surface area contributed by atoms with Crippen molar-refractivity contribution in [2.75, 3.05) is 12.5 Å². The Morgan fingerprint density at radius 1 is 1.65 bits per heavy atom. The van der Waals surface area contributed by atoms with Gasteiger partial charge in [-0.1, -0.05) is 0 Å². The lowest BCUT2D eigenvalue weighted by atomic mass is 10.3. The Bertz CT molecular complexity index is 432. The van der Waals surface area contributed by atoms with Crippen LogP contribution in [0, 0.1) is 15.9 Å². The average Bonchev–Trinajstić information content (AvgIpc) is 2.26. The number of nitro benzene ring substituents is 1. The summed E-state index contributed by atoms with van der Waals surface area (Å²) in [6.07, 6.45) is -0.951. The molecule has 0 saturated heterocycles. The number of benzene rings is 1. The molecule has 1 atom stereocenters. The Balaban J connectivity index is 3.00. The van der Waals surface area contributed by atoms with Gasteiger partial charge >= 0.3 is 5.69 Å². The predicted octanol–water partition coefficient (Wildman–Crippen LogP) is 2.47. The number of hydrogen-bond acceptors (Lipinski definition) is 4. The van der Waals surface area contributed by atoms with E-state index in [1.807, 2.05) is 0 Å². The van der Waals surface area contributed by atoms with Gasteiger partial charge in [-0.25, -0.2) is 4.39 Å². The van der Waals surface area contributed by atoms with Crippen molar-refractivity contribution in [3.8, 4) is 5.75 Å². The Hall–Kier alpha value is -0.920. The number of aliphatic hydroxyl groups excluding tert-OH is 1. The maximum atomic E-state index is 13.0. The molecule has 0 aliphatic rings. The van der Waals surface area contributed by atoms with Crippen LogP contribution in [0.15, 0.2) is 16.6 Å². The molecule has 8 heteroatoms. The second kappa shape index (κ2) is 6.13. The molecule has 0 aliphatic carbocycles. The first-order valence-electron chi connectivity index (χ1n) is 4.46. The molecule has 0 spiro atoms. The zero-order valence-corrected chi connectivity index (χ0v) is 10.7. The second-order valence-electron chi connectivity index (χ2n) is 3.11. The first kappa shape index (κ1) is 14.1. The average molecular weight is 329 g/mol. The molecule has 1 aromatic carbocycles. The van der Waals surface area contributed by atoms with Crippen LogP contribution < -0.4 is 4.74 Å². The van der Waals surface area contributed by atoms with Crippen molar-refractivity contribution in [1.82, 2.24) is 0 Å². The molecule has 5 nitrogen and oxygen atoms in total. The first-order chi connectivity index (χ1) is 7.95. The van der Waals surface area contributed by atoms with Crippen LogP contribution in [-0.4, -0.2) is 28.6 Å². The fraction of sp³-hybridized carbons (Fsp3) is 0.333. The number of nitrogens with zero attached hydrogens (tertiary/aromatic N) is 1. The number of ether oxygens (including phenoxy) is 1. The predicted molar refractivity (Wildman–Crippen MR) is 63.0 cm³/mol. The zero-order valence-electron chi connectivity index (χ0n) is 8.40. The third-order valence-electron chi connectivity index (χ3n) is 1.78. The van der Waals surface area contributed by atoms with Gasteiger partial charge in [0.05, 0.1) is 21.3 Å². The smallest absolute Gasteiger partial charge is 0.315 e. The molecular weight excluding hydrogens is 320 g/mol. The van der Waals surface area contributed by atoms with E-state index in [0.29, 0.717) is 0 Å². The minimum absolute atomic E-state index is 0.0629. The molecule has 0 amide bonds.